The number of nitrogens with two attached hydrogens (primary N) is 1. The number of hydrogen-bond donors (Lipinski definition) is 2. The van der Waals surface area contributed by atoms with Gasteiger partial charge in [-0.2, -0.15) is 0 Å². The molecule has 3 N–H and O–H groups in total. The highest BCUT2D eigenvalue weighted by atomic mass is 32.2. The molecule has 4 aromatic rings. The van der Waals surface area contributed by atoms with Crippen LogP contribution < -0.4 is 5.73 Å². The molecule has 0 saturated heterocycles. The average molecular weight is 522 g/mol. The maximum absolute atomic E-state index is 13.1. The van der Waals surface area contributed by atoms with Gasteiger partial charge < -0.3 is 15.4 Å². The number of aliphatic hydroxyl groups is 1. The summed E-state index contributed by atoms with van der Waals surface area (Å²) in [5.74, 6) is 0.518. The number of rotatable bonds is 8. The summed E-state index contributed by atoms with van der Waals surface area (Å²) in [5, 5.41) is 9.83. The summed E-state index contributed by atoms with van der Waals surface area (Å²) in [6.45, 7) is 3.26. The number of aromatic nitrogens is 4. The minimum atomic E-state index is -3.72. The molecule has 0 radical (unpaired) electrons. The Kier molecular flexibility index (Phi) is 7.09. The molecule has 2 heterocycles. The third-order valence-corrected chi connectivity index (χ3v) is 9.62. The van der Waals surface area contributed by atoms with Crippen molar-refractivity contribution in [3.05, 3.63) is 54.9 Å². The van der Waals surface area contributed by atoms with Crippen molar-refractivity contribution in [2.24, 2.45) is 5.92 Å². The van der Waals surface area contributed by atoms with Crippen molar-refractivity contribution in [3.8, 4) is 22.5 Å². The summed E-state index contributed by atoms with van der Waals surface area (Å²) in [6.07, 6.45) is 8.81. The van der Waals surface area contributed by atoms with Crippen molar-refractivity contribution in [2.45, 2.75) is 63.7 Å². The van der Waals surface area contributed by atoms with E-state index in [0.29, 0.717) is 17.0 Å². The highest BCUT2D eigenvalue weighted by molar-refractivity contribution is 7.90. The number of aliphatic hydroxyl groups excluding tert-OH is 1. The number of imidazole rings is 2. The van der Waals surface area contributed by atoms with Gasteiger partial charge in [0.15, 0.2) is 0 Å². The van der Waals surface area contributed by atoms with E-state index in [1.54, 1.807) is 19.9 Å². The average Bonchev–Trinajstić information content (AvgIpc) is 3.48. The Morgan fingerprint density at radius 3 is 2.46 bits per heavy atom. The Bertz CT molecular complexity index is 1490. The first kappa shape index (κ1) is 25.5. The first-order valence-corrected chi connectivity index (χ1v) is 14.6. The van der Waals surface area contributed by atoms with Gasteiger partial charge in [0.2, 0.25) is 16.0 Å². The van der Waals surface area contributed by atoms with Gasteiger partial charge in [-0.1, -0.05) is 68.5 Å². The van der Waals surface area contributed by atoms with Crippen LogP contribution in [0.3, 0.4) is 0 Å². The molecule has 1 fully saturated rings. The molecule has 0 aliphatic heterocycles. The molecule has 196 valence electrons. The zero-order chi connectivity index (χ0) is 26.2. The minimum Gasteiger partial charge on any atom is -0.394 e. The summed E-state index contributed by atoms with van der Waals surface area (Å²) in [7, 11) is -3.72. The van der Waals surface area contributed by atoms with E-state index in [1.807, 2.05) is 48.8 Å². The van der Waals surface area contributed by atoms with Crippen molar-refractivity contribution in [1.29, 1.82) is 0 Å². The molecule has 0 amide bonds. The Labute approximate surface area is 218 Å². The van der Waals surface area contributed by atoms with E-state index in [-0.39, 0.29) is 18.6 Å². The second-order valence-electron chi connectivity index (χ2n) is 10.3. The van der Waals surface area contributed by atoms with Crippen molar-refractivity contribution >= 4 is 27.0 Å². The van der Waals surface area contributed by atoms with Crippen LogP contribution in [0.1, 0.15) is 58.4 Å². The Morgan fingerprint density at radius 2 is 1.78 bits per heavy atom. The van der Waals surface area contributed by atoms with E-state index < -0.39 is 15.3 Å². The number of anilines is 1. The molecule has 1 aliphatic rings. The lowest BCUT2D eigenvalue weighted by molar-refractivity contribution is 0.189. The van der Waals surface area contributed by atoms with Gasteiger partial charge in [0.05, 0.1) is 46.6 Å². The highest BCUT2D eigenvalue weighted by Crippen LogP contribution is 2.38. The Morgan fingerprint density at radius 1 is 1.05 bits per heavy atom. The van der Waals surface area contributed by atoms with Gasteiger partial charge in [-0.25, -0.2) is 22.4 Å². The van der Waals surface area contributed by atoms with Crippen LogP contribution in [0, 0.1) is 5.92 Å². The van der Waals surface area contributed by atoms with Crippen molar-refractivity contribution < 1.29 is 13.5 Å². The standard InChI is InChI=1S/C28H35N5O3S/c1-19(2)37(35,36)33-25-16-22(13-14-24(25)31-28(33)29)27-26(21-11-7-4-8-12-21)30-18-32(27)23(17-34)15-20-9-5-3-6-10-20/h4,7-8,11-14,16,18-20,23,34H,3,5-6,9-10,15,17H2,1-2H3,(H2,29,31)/t23-/m0/s1. The number of fused-ring (bicyclic) bond motifs is 1. The fourth-order valence-corrected chi connectivity index (χ4v) is 6.66. The SMILES string of the molecule is CC(C)S(=O)(=O)n1c(N)nc2ccc(-c3c(-c4ccccc4)ncn3[C@H](CO)CC3CCCCC3)cc21. The van der Waals surface area contributed by atoms with Crippen LogP contribution in [0.25, 0.3) is 33.5 Å². The summed E-state index contributed by atoms with van der Waals surface area (Å²) in [5.41, 5.74) is 10.4. The topological polar surface area (TPSA) is 116 Å². The van der Waals surface area contributed by atoms with Crippen LogP contribution in [-0.2, 0) is 10.0 Å². The van der Waals surface area contributed by atoms with Crippen LogP contribution in [-0.4, -0.2) is 43.9 Å². The molecule has 5 rings (SSSR count). The number of benzene rings is 2. The van der Waals surface area contributed by atoms with E-state index >= 15 is 0 Å². The zero-order valence-corrected chi connectivity index (χ0v) is 22.2. The second kappa shape index (κ2) is 10.3. The lowest BCUT2D eigenvalue weighted by Crippen LogP contribution is -2.23. The fraction of sp³-hybridized carbons (Fsp3) is 0.429. The summed E-state index contributed by atoms with van der Waals surface area (Å²) >= 11 is 0. The largest absolute Gasteiger partial charge is 0.394 e. The maximum Gasteiger partial charge on any atom is 0.244 e. The molecule has 8 nitrogen and oxygen atoms in total. The minimum absolute atomic E-state index is 0.00292. The smallest absolute Gasteiger partial charge is 0.244 e. The van der Waals surface area contributed by atoms with Gasteiger partial charge in [0, 0.05) is 11.1 Å². The molecule has 0 bridgehead atoms. The number of nitrogen functional groups attached to an aromatic ring is 1. The molecule has 0 spiro atoms. The van der Waals surface area contributed by atoms with E-state index in [1.165, 1.54) is 32.1 Å². The van der Waals surface area contributed by atoms with Crippen molar-refractivity contribution in [2.75, 3.05) is 12.3 Å². The molecule has 1 aliphatic carbocycles. The lowest BCUT2D eigenvalue weighted by atomic mass is 9.85. The predicted molar refractivity (Wildman–Crippen MR) is 148 cm³/mol. The molecule has 9 heteroatoms. The fourth-order valence-electron chi connectivity index (χ4n) is 5.51. The van der Waals surface area contributed by atoms with Crippen LogP contribution in [0.15, 0.2) is 54.9 Å². The third kappa shape index (κ3) is 4.78. The number of hydrogen-bond acceptors (Lipinski definition) is 6. The Balaban J connectivity index is 1.68. The zero-order valence-electron chi connectivity index (χ0n) is 21.4. The molecule has 1 saturated carbocycles. The van der Waals surface area contributed by atoms with E-state index in [9.17, 15) is 13.5 Å². The predicted octanol–water partition coefficient (Wildman–Crippen LogP) is 5.24. The van der Waals surface area contributed by atoms with Crippen LogP contribution in [0.4, 0.5) is 5.95 Å². The maximum atomic E-state index is 13.1. The normalized spacial score (nSPS) is 16.0. The van der Waals surface area contributed by atoms with E-state index in [2.05, 4.69) is 9.55 Å². The van der Waals surface area contributed by atoms with Gasteiger partial charge >= 0.3 is 0 Å². The van der Waals surface area contributed by atoms with Crippen molar-refractivity contribution in [3.63, 3.8) is 0 Å². The highest BCUT2D eigenvalue weighted by Gasteiger charge is 2.27. The quantitative estimate of drug-likeness (QED) is 0.328. The first-order chi connectivity index (χ1) is 17.8. The molecular weight excluding hydrogens is 486 g/mol. The number of nitrogens with zero attached hydrogens (tertiary/aromatic N) is 4. The first-order valence-electron chi connectivity index (χ1n) is 13.1. The van der Waals surface area contributed by atoms with Gasteiger partial charge in [-0.05, 0) is 38.3 Å². The van der Waals surface area contributed by atoms with E-state index in [0.717, 1.165) is 32.9 Å². The summed E-state index contributed by atoms with van der Waals surface area (Å²) < 4.78 is 29.5. The molecule has 2 aromatic heterocycles. The summed E-state index contributed by atoms with van der Waals surface area (Å²) in [6, 6.07) is 15.3. The Hall–Kier alpha value is -3.17. The molecule has 2 aromatic carbocycles. The van der Waals surface area contributed by atoms with Gasteiger partial charge in [-0.3, -0.25) is 0 Å². The third-order valence-electron chi connectivity index (χ3n) is 7.54. The summed E-state index contributed by atoms with van der Waals surface area (Å²) in [4.78, 5) is 9.11. The van der Waals surface area contributed by atoms with Crippen LogP contribution in [0.2, 0.25) is 0 Å². The van der Waals surface area contributed by atoms with Crippen molar-refractivity contribution in [1.82, 2.24) is 18.5 Å². The monoisotopic (exact) mass is 521 g/mol. The lowest BCUT2D eigenvalue weighted by Gasteiger charge is -2.27. The molecule has 0 unspecified atom stereocenters. The van der Waals surface area contributed by atoms with Crippen LogP contribution >= 0.6 is 0 Å². The van der Waals surface area contributed by atoms with Gasteiger partial charge in [-0.15, -0.1) is 0 Å². The molecule has 1 atom stereocenters. The van der Waals surface area contributed by atoms with Gasteiger partial charge in [0.25, 0.3) is 0 Å². The van der Waals surface area contributed by atoms with Gasteiger partial charge in [0.1, 0.15) is 0 Å². The van der Waals surface area contributed by atoms with Crippen LogP contribution in [0.5, 0.6) is 0 Å². The van der Waals surface area contributed by atoms with E-state index in [4.69, 9.17) is 10.7 Å². The molecule has 37 heavy (non-hydrogen) atoms. The second-order valence-corrected chi connectivity index (χ2v) is 12.7. The molecular formula is C28H35N5O3S.